The van der Waals surface area contributed by atoms with Crippen LogP contribution in [0, 0.1) is 0 Å². The van der Waals surface area contributed by atoms with Crippen molar-refractivity contribution in [3.63, 3.8) is 0 Å². The summed E-state index contributed by atoms with van der Waals surface area (Å²) in [5.74, 6) is -0.242. The van der Waals surface area contributed by atoms with Crippen molar-refractivity contribution in [2.24, 2.45) is 7.05 Å². The molecule has 2 aromatic rings. The number of rotatable bonds is 2. The molecule has 22 heavy (non-hydrogen) atoms. The van der Waals surface area contributed by atoms with Crippen molar-refractivity contribution in [3.05, 3.63) is 48.0 Å². The van der Waals surface area contributed by atoms with Gasteiger partial charge >= 0.3 is 0 Å². The summed E-state index contributed by atoms with van der Waals surface area (Å²) in [5, 5.41) is 9.94. The zero-order valence-electron chi connectivity index (χ0n) is 12.8. The average molecular weight is 299 g/mol. The lowest BCUT2D eigenvalue weighted by Crippen LogP contribution is -2.36. The molecule has 1 amide bonds. The Balaban J connectivity index is 1.96. The van der Waals surface area contributed by atoms with E-state index >= 15 is 0 Å². The van der Waals surface area contributed by atoms with E-state index in [1.807, 2.05) is 24.2 Å². The van der Waals surface area contributed by atoms with Crippen molar-refractivity contribution < 1.29 is 9.90 Å². The molecule has 0 saturated carbocycles. The molecule has 1 aliphatic heterocycles. The van der Waals surface area contributed by atoms with Crippen molar-refractivity contribution in [1.82, 2.24) is 14.5 Å². The van der Waals surface area contributed by atoms with Crippen LogP contribution >= 0.6 is 0 Å². The first-order chi connectivity index (χ1) is 10.7. The van der Waals surface area contributed by atoms with E-state index in [9.17, 15) is 9.90 Å². The fraction of sp³-hybridized carbons (Fsp3) is 0.412. The van der Waals surface area contributed by atoms with Gasteiger partial charge in [-0.3, -0.25) is 4.79 Å². The van der Waals surface area contributed by atoms with Gasteiger partial charge in [-0.1, -0.05) is 12.8 Å². The van der Waals surface area contributed by atoms with Crippen molar-refractivity contribution in [3.8, 4) is 5.75 Å². The lowest BCUT2D eigenvalue weighted by molar-refractivity contribution is 0.0665. The largest absolute Gasteiger partial charge is 0.505 e. The molecule has 3 heterocycles. The van der Waals surface area contributed by atoms with Crippen LogP contribution in [0.1, 0.15) is 47.9 Å². The molecular formula is C17H21N3O2. The Morgan fingerprint density at radius 1 is 1.27 bits per heavy atom. The second kappa shape index (κ2) is 6.22. The first-order valence-corrected chi connectivity index (χ1v) is 7.74. The van der Waals surface area contributed by atoms with Crippen LogP contribution < -0.4 is 0 Å². The minimum Gasteiger partial charge on any atom is -0.505 e. The summed E-state index contributed by atoms with van der Waals surface area (Å²) in [6.07, 6.45) is 7.70. The number of nitrogens with zero attached hydrogens (tertiary/aromatic N) is 3. The number of pyridine rings is 1. The highest BCUT2D eigenvalue weighted by Gasteiger charge is 2.30. The van der Waals surface area contributed by atoms with E-state index in [1.54, 1.807) is 12.3 Å². The highest BCUT2D eigenvalue weighted by atomic mass is 16.3. The molecule has 1 fully saturated rings. The van der Waals surface area contributed by atoms with Gasteiger partial charge in [-0.15, -0.1) is 0 Å². The number of hydrogen-bond acceptors (Lipinski definition) is 3. The maximum atomic E-state index is 12.9. The number of amides is 1. The van der Waals surface area contributed by atoms with E-state index in [1.165, 1.54) is 6.07 Å². The maximum Gasteiger partial charge on any atom is 0.276 e. The third-order valence-corrected chi connectivity index (χ3v) is 4.33. The van der Waals surface area contributed by atoms with Gasteiger partial charge in [0.25, 0.3) is 5.91 Å². The molecular weight excluding hydrogens is 278 g/mol. The minimum absolute atomic E-state index is 0.0383. The Morgan fingerprint density at radius 3 is 2.86 bits per heavy atom. The monoisotopic (exact) mass is 299 g/mol. The first kappa shape index (κ1) is 14.6. The topological polar surface area (TPSA) is 58.4 Å². The average Bonchev–Trinajstić information content (AvgIpc) is 2.80. The Morgan fingerprint density at radius 2 is 2.14 bits per heavy atom. The van der Waals surface area contributed by atoms with Gasteiger partial charge in [0.2, 0.25) is 0 Å². The van der Waals surface area contributed by atoms with Crippen LogP contribution in [0.15, 0.2) is 36.7 Å². The van der Waals surface area contributed by atoms with Gasteiger partial charge in [0.1, 0.15) is 5.75 Å². The zero-order chi connectivity index (χ0) is 15.5. The van der Waals surface area contributed by atoms with E-state index in [2.05, 4.69) is 15.6 Å². The number of aryl methyl sites for hydroxylation is 1. The first-order valence-electron chi connectivity index (χ1n) is 7.74. The van der Waals surface area contributed by atoms with E-state index in [0.29, 0.717) is 6.54 Å². The zero-order valence-corrected chi connectivity index (χ0v) is 12.8. The Kier molecular flexibility index (Phi) is 4.13. The van der Waals surface area contributed by atoms with Gasteiger partial charge in [0.05, 0.1) is 6.04 Å². The lowest BCUT2D eigenvalue weighted by Gasteiger charge is -2.30. The molecule has 5 heteroatoms. The molecule has 0 radical (unpaired) electrons. The molecule has 1 N–H and O–H groups in total. The van der Waals surface area contributed by atoms with Crippen LogP contribution in [0.25, 0.3) is 0 Å². The Bertz CT molecular complexity index is 665. The molecule has 0 aliphatic carbocycles. The van der Waals surface area contributed by atoms with Crippen molar-refractivity contribution in [1.29, 1.82) is 0 Å². The van der Waals surface area contributed by atoms with Crippen LogP contribution in [-0.4, -0.2) is 32.0 Å². The molecule has 1 saturated heterocycles. The van der Waals surface area contributed by atoms with E-state index < -0.39 is 0 Å². The summed E-state index contributed by atoms with van der Waals surface area (Å²) in [6, 6.07) is 7.24. The van der Waals surface area contributed by atoms with E-state index in [0.717, 1.165) is 31.4 Å². The van der Waals surface area contributed by atoms with Gasteiger partial charge < -0.3 is 14.6 Å². The normalized spacial score (nSPS) is 19.0. The van der Waals surface area contributed by atoms with Crippen LogP contribution in [0.5, 0.6) is 5.75 Å². The van der Waals surface area contributed by atoms with Crippen LogP contribution in [-0.2, 0) is 7.05 Å². The van der Waals surface area contributed by atoms with Crippen molar-refractivity contribution in [2.45, 2.75) is 31.7 Å². The fourth-order valence-electron chi connectivity index (χ4n) is 3.18. The predicted molar refractivity (Wildman–Crippen MR) is 83.6 cm³/mol. The number of carbonyl (C=O) groups is 1. The highest BCUT2D eigenvalue weighted by molar-refractivity contribution is 5.95. The standard InChI is InChI=1S/C17H21N3O2/c1-19-11-6-8-13(19)14-7-3-2-4-12-20(14)17(22)16-15(21)9-5-10-18-16/h5-6,8-11,14,21H,2-4,7,12H2,1H3. The second-order valence-electron chi connectivity index (χ2n) is 5.78. The quantitative estimate of drug-likeness (QED) is 0.927. The lowest BCUT2D eigenvalue weighted by atomic mass is 10.1. The van der Waals surface area contributed by atoms with Crippen molar-refractivity contribution >= 4 is 5.91 Å². The maximum absolute atomic E-state index is 12.9. The van der Waals surface area contributed by atoms with Crippen molar-refractivity contribution in [2.75, 3.05) is 6.54 Å². The van der Waals surface area contributed by atoms with Crippen LogP contribution in [0.2, 0.25) is 0 Å². The predicted octanol–water partition coefficient (Wildman–Crippen LogP) is 2.88. The summed E-state index contributed by atoms with van der Waals surface area (Å²) in [4.78, 5) is 18.8. The SMILES string of the molecule is Cn1cccc1C1CCCCCN1C(=O)c1ncccc1O. The van der Waals surface area contributed by atoms with Crippen LogP contribution in [0.4, 0.5) is 0 Å². The molecule has 116 valence electrons. The molecule has 0 aromatic carbocycles. The van der Waals surface area contributed by atoms with Gasteiger partial charge in [-0.05, 0) is 37.1 Å². The summed E-state index contributed by atoms with van der Waals surface area (Å²) >= 11 is 0. The molecule has 3 rings (SSSR count). The molecule has 0 spiro atoms. The van der Waals surface area contributed by atoms with Gasteiger partial charge in [0, 0.05) is 31.7 Å². The second-order valence-corrected chi connectivity index (χ2v) is 5.78. The number of carbonyl (C=O) groups excluding carboxylic acids is 1. The smallest absolute Gasteiger partial charge is 0.276 e. The number of hydrogen-bond donors (Lipinski definition) is 1. The minimum atomic E-state index is -0.189. The summed E-state index contributed by atoms with van der Waals surface area (Å²) in [7, 11) is 2.00. The number of aromatic hydroxyl groups is 1. The van der Waals surface area contributed by atoms with E-state index in [-0.39, 0.29) is 23.4 Å². The third kappa shape index (κ3) is 2.71. The van der Waals surface area contributed by atoms with E-state index in [4.69, 9.17) is 0 Å². The molecule has 1 unspecified atom stereocenters. The van der Waals surface area contributed by atoms with Crippen LogP contribution in [0.3, 0.4) is 0 Å². The molecule has 5 nitrogen and oxygen atoms in total. The molecule has 1 aliphatic rings. The molecule has 1 atom stereocenters. The van der Waals surface area contributed by atoms with Gasteiger partial charge in [0.15, 0.2) is 5.69 Å². The fourth-order valence-corrected chi connectivity index (χ4v) is 3.18. The third-order valence-electron chi connectivity index (χ3n) is 4.33. The number of aromatic nitrogens is 2. The Labute approximate surface area is 130 Å². The van der Waals surface area contributed by atoms with Gasteiger partial charge in [-0.25, -0.2) is 4.98 Å². The molecule has 0 bridgehead atoms. The summed E-state index contributed by atoms with van der Waals surface area (Å²) < 4.78 is 2.06. The summed E-state index contributed by atoms with van der Waals surface area (Å²) in [6.45, 7) is 0.699. The molecule has 2 aromatic heterocycles. The highest BCUT2D eigenvalue weighted by Crippen LogP contribution is 2.32. The number of likely N-dealkylation sites (tertiary alicyclic amines) is 1. The summed E-state index contributed by atoms with van der Waals surface area (Å²) in [5.41, 5.74) is 1.27. The van der Waals surface area contributed by atoms with Gasteiger partial charge in [-0.2, -0.15) is 0 Å². The Hall–Kier alpha value is -2.30.